The molecule has 114 valence electrons. The van der Waals surface area contributed by atoms with Crippen molar-refractivity contribution < 1.29 is 17.7 Å². The second-order valence-electron chi connectivity index (χ2n) is 4.90. The van der Waals surface area contributed by atoms with E-state index in [1.807, 2.05) is 0 Å². The van der Waals surface area contributed by atoms with Gasteiger partial charge in [-0.25, -0.2) is 4.98 Å². The molecule has 0 unspecified atom stereocenters. The summed E-state index contributed by atoms with van der Waals surface area (Å²) >= 11 is 1.20. The van der Waals surface area contributed by atoms with E-state index in [4.69, 9.17) is 10.3 Å². The van der Waals surface area contributed by atoms with Gasteiger partial charge in [-0.3, -0.25) is 0 Å². The molecule has 2 aromatic heterocycles. The number of alkyl halides is 3. The van der Waals surface area contributed by atoms with E-state index < -0.39 is 17.3 Å². The zero-order valence-electron chi connectivity index (χ0n) is 11.3. The predicted octanol–water partition coefficient (Wildman–Crippen LogP) is 2.97. The van der Waals surface area contributed by atoms with Crippen molar-refractivity contribution in [2.75, 3.05) is 0 Å². The maximum atomic E-state index is 12.4. The summed E-state index contributed by atoms with van der Waals surface area (Å²) in [5.74, 6) is 1.02. The molecule has 0 fully saturated rings. The fourth-order valence-electron chi connectivity index (χ4n) is 1.34. The molecule has 0 radical (unpaired) electrons. The van der Waals surface area contributed by atoms with Gasteiger partial charge in [-0.05, 0) is 26.0 Å². The molecule has 0 aromatic carbocycles. The van der Waals surface area contributed by atoms with Crippen molar-refractivity contribution in [2.45, 2.75) is 36.3 Å². The van der Waals surface area contributed by atoms with Crippen molar-refractivity contribution >= 4 is 11.8 Å². The molecule has 2 heterocycles. The molecule has 2 aromatic rings. The Morgan fingerprint density at radius 3 is 2.48 bits per heavy atom. The number of pyridine rings is 1. The fourth-order valence-corrected chi connectivity index (χ4v) is 2.02. The van der Waals surface area contributed by atoms with Crippen LogP contribution in [-0.2, 0) is 17.5 Å². The SMILES string of the molecule is CC(C)(N)c1noc(CSc2ccc(C(F)(F)F)cn2)n1. The Morgan fingerprint density at radius 2 is 2.00 bits per heavy atom. The number of thioether (sulfide) groups is 1. The number of aromatic nitrogens is 3. The molecule has 9 heteroatoms. The average molecular weight is 318 g/mol. The molecule has 0 saturated carbocycles. The van der Waals surface area contributed by atoms with Crippen molar-refractivity contribution in [2.24, 2.45) is 5.73 Å². The van der Waals surface area contributed by atoms with E-state index in [0.29, 0.717) is 22.5 Å². The molecule has 0 aliphatic carbocycles. The molecule has 5 nitrogen and oxygen atoms in total. The lowest BCUT2D eigenvalue weighted by molar-refractivity contribution is -0.137. The third-order valence-electron chi connectivity index (χ3n) is 2.45. The van der Waals surface area contributed by atoms with E-state index in [9.17, 15) is 13.2 Å². The fraction of sp³-hybridized carbons (Fsp3) is 0.417. The molecule has 0 spiro atoms. The lowest BCUT2D eigenvalue weighted by Gasteiger charge is -2.11. The summed E-state index contributed by atoms with van der Waals surface area (Å²) in [6.45, 7) is 3.48. The third kappa shape index (κ3) is 4.18. The highest BCUT2D eigenvalue weighted by Crippen LogP contribution is 2.30. The van der Waals surface area contributed by atoms with Crippen LogP contribution in [0.1, 0.15) is 31.1 Å². The van der Waals surface area contributed by atoms with Crippen molar-refractivity contribution in [3.63, 3.8) is 0 Å². The maximum Gasteiger partial charge on any atom is 0.417 e. The summed E-state index contributed by atoms with van der Waals surface area (Å²) in [6.07, 6.45) is -3.59. The van der Waals surface area contributed by atoms with Crippen LogP contribution in [0.15, 0.2) is 27.9 Å². The van der Waals surface area contributed by atoms with E-state index in [1.165, 1.54) is 17.8 Å². The smallest absolute Gasteiger partial charge is 0.338 e. The van der Waals surface area contributed by atoms with Gasteiger partial charge in [-0.15, -0.1) is 0 Å². The summed E-state index contributed by atoms with van der Waals surface area (Å²) in [7, 11) is 0. The van der Waals surface area contributed by atoms with Gasteiger partial charge >= 0.3 is 6.18 Å². The van der Waals surface area contributed by atoms with Crippen LogP contribution < -0.4 is 5.73 Å². The normalized spacial score (nSPS) is 12.7. The number of rotatable bonds is 4. The second-order valence-corrected chi connectivity index (χ2v) is 5.90. The summed E-state index contributed by atoms with van der Waals surface area (Å²) < 4.78 is 42.2. The van der Waals surface area contributed by atoms with Crippen LogP contribution >= 0.6 is 11.8 Å². The summed E-state index contributed by atoms with van der Waals surface area (Å²) in [6, 6.07) is 2.29. The first-order valence-electron chi connectivity index (χ1n) is 5.94. The number of nitrogens with two attached hydrogens (primary N) is 1. The van der Waals surface area contributed by atoms with Crippen molar-refractivity contribution in [1.82, 2.24) is 15.1 Å². The lowest BCUT2D eigenvalue weighted by atomic mass is 10.1. The average Bonchev–Trinajstić information content (AvgIpc) is 2.84. The minimum atomic E-state index is -4.38. The van der Waals surface area contributed by atoms with Crippen molar-refractivity contribution in [3.8, 4) is 0 Å². The number of hydrogen-bond acceptors (Lipinski definition) is 6. The Morgan fingerprint density at radius 1 is 1.29 bits per heavy atom. The second kappa shape index (κ2) is 5.64. The van der Waals surface area contributed by atoms with Crippen LogP contribution in [0.2, 0.25) is 0 Å². The van der Waals surface area contributed by atoms with Gasteiger partial charge in [0.1, 0.15) is 0 Å². The number of halogens is 3. The van der Waals surface area contributed by atoms with Crippen LogP contribution in [0.3, 0.4) is 0 Å². The van der Waals surface area contributed by atoms with Crippen molar-refractivity contribution in [3.05, 3.63) is 35.6 Å². The quantitative estimate of drug-likeness (QED) is 0.873. The maximum absolute atomic E-state index is 12.4. The van der Waals surface area contributed by atoms with Crippen LogP contribution in [0.5, 0.6) is 0 Å². The molecule has 2 N–H and O–H groups in total. The van der Waals surface area contributed by atoms with Gasteiger partial charge in [-0.1, -0.05) is 16.9 Å². The van der Waals surface area contributed by atoms with Crippen LogP contribution in [0.4, 0.5) is 13.2 Å². The lowest BCUT2D eigenvalue weighted by Crippen LogP contribution is -2.30. The van der Waals surface area contributed by atoms with Gasteiger partial charge in [0.15, 0.2) is 5.82 Å². The van der Waals surface area contributed by atoms with Gasteiger partial charge in [0.2, 0.25) is 5.89 Å². The number of hydrogen-bond donors (Lipinski definition) is 1. The molecule has 2 rings (SSSR count). The van der Waals surface area contributed by atoms with Crippen LogP contribution in [0.25, 0.3) is 0 Å². The van der Waals surface area contributed by atoms with Gasteiger partial charge < -0.3 is 10.3 Å². The van der Waals surface area contributed by atoms with Crippen molar-refractivity contribution in [1.29, 1.82) is 0 Å². The minimum Gasteiger partial charge on any atom is -0.338 e. The van der Waals surface area contributed by atoms with Gasteiger partial charge in [0.05, 0.1) is 21.9 Å². The van der Waals surface area contributed by atoms with Crippen LogP contribution in [0, 0.1) is 0 Å². The molecule has 0 saturated heterocycles. The van der Waals surface area contributed by atoms with Crippen LogP contribution in [-0.4, -0.2) is 15.1 Å². The van der Waals surface area contributed by atoms with E-state index >= 15 is 0 Å². The Hall–Kier alpha value is -1.61. The first kappa shape index (κ1) is 15.8. The van der Waals surface area contributed by atoms with Gasteiger partial charge in [-0.2, -0.15) is 18.2 Å². The summed E-state index contributed by atoms with van der Waals surface area (Å²) in [5.41, 5.74) is 4.33. The Balaban J connectivity index is 1.99. The first-order chi connectivity index (χ1) is 9.66. The minimum absolute atomic E-state index is 0.307. The van der Waals surface area contributed by atoms with E-state index in [1.54, 1.807) is 13.8 Å². The highest BCUT2D eigenvalue weighted by atomic mass is 32.2. The van der Waals surface area contributed by atoms with E-state index in [2.05, 4.69) is 15.1 Å². The highest BCUT2D eigenvalue weighted by molar-refractivity contribution is 7.98. The predicted molar refractivity (Wildman–Crippen MR) is 70.3 cm³/mol. The molecular formula is C12H13F3N4OS. The Kier molecular flexibility index (Phi) is 4.24. The zero-order valence-corrected chi connectivity index (χ0v) is 12.1. The topological polar surface area (TPSA) is 77.8 Å². The standard InChI is InChI=1S/C12H13F3N4OS/c1-11(2,16)10-18-8(20-19-10)6-21-9-4-3-7(5-17-9)12(13,14)15/h3-5H,6,16H2,1-2H3. The van der Waals surface area contributed by atoms with Gasteiger partial charge in [0, 0.05) is 6.20 Å². The summed E-state index contributed by atoms with van der Waals surface area (Å²) in [5, 5.41) is 4.19. The monoisotopic (exact) mass is 318 g/mol. The number of nitrogens with zero attached hydrogens (tertiary/aromatic N) is 3. The molecule has 21 heavy (non-hydrogen) atoms. The van der Waals surface area contributed by atoms with E-state index in [0.717, 1.165) is 12.3 Å². The molecule has 0 atom stereocenters. The van der Waals surface area contributed by atoms with Gasteiger partial charge in [0.25, 0.3) is 0 Å². The summed E-state index contributed by atoms with van der Waals surface area (Å²) in [4.78, 5) is 7.87. The molecule has 0 bridgehead atoms. The Labute approximate surface area is 123 Å². The first-order valence-corrected chi connectivity index (χ1v) is 6.93. The van der Waals surface area contributed by atoms with E-state index in [-0.39, 0.29) is 0 Å². The highest BCUT2D eigenvalue weighted by Gasteiger charge is 2.30. The molecular weight excluding hydrogens is 305 g/mol. The molecule has 0 amide bonds. The molecule has 0 aliphatic heterocycles. The molecule has 0 aliphatic rings. The largest absolute Gasteiger partial charge is 0.417 e. The Bertz CT molecular complexity index is 604. The zero-order chi connectivity index (χ0) is 15.7. The third-order valence-corrected chi connectivity index (χ3v) is 3.38.